The molecule has 2 aliphatic rings. The van der Waals surface area contributed by atoms with Crippen LogP contribution in [-0.2, 0) is 4.79 Å². The molecule has 0 aliphatic heterocycles. The van der Waals surface area contributed by atoms with Gasteiger partial charge in [-0.25, -0.2) is 0 Å². The molecule has 17 heavy (non-hydrogen) atoms. The van der Waals surface area contributed by atoms with Crippen molar-refractivity contribution in [3.63, 3.8) is 0 Å². The first kappa shape index (κ1) is 12.8. The van der Waals surface area contributed by atoms with E-state index in [-0.39, 0.29) is 5.91 Å². The second-order valence-electron chi connectivity index (χ2n) is 6.09. The molecule has 4 heteroatoms. The number of nitrogens with two attached hydrogens (primary N) is 1. The zero-order chi connectivity index (χ0) is 12.6. The largest absolute Gasteiger partial charge is 0.392 e. The average molecular weight is 254 g/mol. The maximum absolute atomic E-state index is 12.5. The lowest BCUT2D eigenvalue weighted by Gasteiger charge is -2.31. The Hall–Kier alpha value is -0.640. The van der Waals surface area contributed by atoms with Crippen LogP contribution >= 0.6 is 12.2 Å². The fourth-order valence-electron chi connectivity index (χ4n) is 1.97. The molecule has 0 spiro atoms. The van der Waals surface area contributed by atoms with Gasteiger partial charge in [-0.1, -0.05) is 12.2 Å². The zero-order valence-electron chi connectivity index (χ0n) is 10.7. The minimum atomic E-state index is -0.695. The van der Waals surface area contributed by atoms with E-state index in [0.717, 1.165) is 24.9 Å². The molecule has 2 aliphatic carbocycles. The van der Waals surface area contributed by atoms with Crippen molar-refractivity contribution in [1.29, 1.82) is 0 Å². The van der Waals surface area contributed by atoms with Crippen LogP contribution in [0.2, 0.25) is 0 Å². The summed E-state index contributed by atoms with van der Waals surface area (Å²) in [5.41, 5.74) is 4.99. The maximum atomic E-state index is 12.5. The fourth-order valence-corrected chi connectivity index (χ4v) is 2.05. The summed E-state index contributed by atoms with van der Waals surface area (Å²) in [4.78, 5) is 14.8. The summed E-state index contributed by atoms with van der Waals surface area (Å²) in [5.74, 6) is 1.56. The van der Waals surface area contributed by atoms with E-state index in [1.165, 1.54) is 25.7 Å². The monoisotopic (exact) mass is 254 g/mol. The quantitative estimate of drug-likeness (QED) is 0.737. The number of nitrogens with zero attached hydrogens (tertiary/aromatic N) is 1. The fraction of sp³-hybridized carbons (Fsp3) is 0.846. The zero-order valence-corrected chi connectivity index (χ0v) is 11.6. The van der Waals surface area contributed by atoms with Crippen molar-refractivity contribution in [2.75, 3.05) is 13.1 Å². The Labute approximate surface area is 109 Å². The molecular formula is C13H22N2OS. The molecule has 2 saturated carbocycles. The van der Waals surface area contributed by atoms with E-state index >= 15 is 0 Å². The van der Waals surface area contributed by atoms with Crippen molar-refractivity contribution < 1.29 is 4.79 Å². The summed E-state index contributed by atoms with van der Waals surface area (Å²) < 4.78 is 0. The molecule has 0 saturated heterocycles. The molecule has 2 fully saturated rings. The van der Waals surface area contributed by atoms with Gasteiger partial charge in [0.25, 0.3) is 0 Å². The summed E-state index contributed by atoms with van der Waals surface area (Å²) in [5, 5.41) is 0. The van der Waals surface area contributed by atoms with E-state index in [0.29, 0.717) is 4.99 Å². The second kappa shape index (κ2) is 4.56. The molecular weight excluding hydrogens is 232 g/mol. The van der Waals surface area contributed by atoms with Crippen LogP contribution in [0, 0.1) is 17.3 Å². The van der Waals surface area contributed by atoms with Crippen LogP contribution < -0.4 is 5.73 Å². The van der Waals surface area contributed by atoms with Crippen molar-refractivity contribution in [1.82, 2.24) is 4.90 Å². The van der Waals surface area contributed by atoms with Gasteiger partial charge in [-0.2, -0.15) is 0 Å². The predicted molar refractivity (Wildman–Crippen MR) is 72.6 cm³/mol. The Bertz CT molecular complexity index is 318. The van der Waals surface area contributed by atoms with E-state index in [4.69, 9.17) is 18.0 Å². The molecule has 0 radical (unpaired) electrons. The highest BCUT2D eigenvalue weighted by Gasteiger charge is 2.39. The molecule has 2 rings (SSSR count). The molecule has 1 amide bonds. The first-order valence-corrected chi connectivity index (χ1v) is 6.91. The highest BCUT2D eigenvalue weighted by molar-refractivity contribution is 7.80. The lowest BCUT2D eigenvalue weighted by molar-refractivity contribution is -0.137. The molecule has 0 heterocycles. The molecule has 96 valence electrons. The molecule has 0 atom stereocenters. The Balaban J connectivity index is 2.01. The topological polar surface area (TPSA) is 46.3 Å². The van der Waals surface area contributed by atoms with Gasteiger partial charge in [0.2, 0.25) is 5.91 Å². The Morgan fingerprint density at radius 2 is 1.65 bits per heavy atom. The standard InChI is InChI=1S/C13H22N2OS/c1-13(2,11(14)17)12(16)15(7-9-3-4-9)8-10-5-6-10/h9-10H,3-8H2,1-2H3,(H2,14,17). The third-order valence-electron chi connectivity index (χ3n) is 3.79. The van der Waals surface area contributed by atoms with Crippen LogP contribution in [-0.4, -0.2) is 28.9 Å². The average Bonchev–Trinajstić information content (AvgIpc) is 3.09. The molecule has 2 N–H and O–H groups in total. The molecule has 0 unspecified atom stereocenters. The van der Waals surface area contributed by atoms with Gasteiger partial charge in [-0.15, -0.1) is 0 Å². The SMILES string of the molecule is CC(C)(C(=O)N(CC1CC1)CC1CC1)C(N)=S. The summed E-state index contributed by atoms with van der Waals surface area (Å²) in [6.45, 7) is 5.48. The van der Waals surface area contributed by atoms with Gasteiger partial charge >= 0.3 is 0 Å². The smallest absolute Gasteiger partial charge is 0.235 e. The Kier molecular flexibility index (Phi) is 3.43. The van der Waals surface area contributed by atoms with Crippen LogP contribution in [0.15, 0.2) is 0 Å². The van der Waals surface area contributed by atoms with Crippen LogP contribution in [0.3, 0.4) is 0 Å². The highest BCUT2D eigenvalue weighted by Crippen LogP contribution is 2.35. The molecule has 0 aromatic heterocycles. The summed E-state index contributed by atoms with van der Waals surface area (Å²) >= 11 is 5.02. The number of rotatable bonds is 6. The van der Waals surface area contributed by atoms with E-state index in [2.05, 4.69) is 0 Å². The van der Waals surface area contributed by atoms with Crippen molar-refractivity contribution in [3.05, 3.63) is 0 Å². The lowest BCUT2D eigenvalue weighted by Crippen LogP contribution is -2.48. The lowest BCUT2D eigenvalue weighted by atomic mass is 9.91. The van der Waals surface area contributed by atoms with Crippen molar-refractivity contribution >= 4 is 23.1 Å². The maximum Gasteiger partial charge on any atom is 0.235 e. The van der Waals surface area contributed by atoms with Gasteiger partial charge in [0.1, 0.15) is 0 Å². The Morgan fingerprint density at radius 3 is 1.94 bits per heavy atom. The van der Waals surface area contributed by atoms with Crippen LogP contribution in [0.5, 0.6) is 0 Å². The highest BCUT2D eigenvalue weighted by atomic mass is 32.1. The summed E-state index contributed by atoms with van der Waals surface area (Å²) in [6, 6.07) is 0. The predicted octanol–water partition coefficient (Wildman–Crippen LogP) is 1.95. The van der Waals surface area contributed by atoms with Crippen LogP contribution in [0.1, 0.15) is 39.5 Å². The number of carbonyl (C=O) groups excluding carboxylic acids is 1. The van der Waals surface area contributed by atoms with Crippen molar-refractivity contribution in [3.8, 4) is 0 Å². The van der Waals surface area contributed by atoms with Crippen molar-refractivity contribution in [2.45, 2.75) is 39.5 Å². The summed E-state index contributed by atoms with van der Waals surface area (Å²) in [7, 11) is 0. The molecule has 0 aromatic carbocycles. The summed E-state index contributed by atoms with van der Waals surface area (Å²) in [6.07, 6.45) is 5.06. The number of amides is 1. The third-order valence-corrected chi connectivity index (χ3v) is 4.30. The normalized spacial score (nSPS) is 20.1. The molecule has 3 nitrogen and oxygen atoms in total. The van der Waals surface area contributed by atoms with Gasteiger partial charge in [-0.3, -0.25) is 4.79 Å². The minimum Gasteiger partial charge on any atom is -0.392 e. The van der Waals surface area contributed by atoms with Gasteiger partial charge in [0.05, 0.1) is 10.4 Å². The van der Waals surface area contributed by atoms with E-state index in [9.17, 15) is 4.79 Å². The van der Waals surface area contributed by atoms with E-state index in [1.54, 1.807) is 0 Å². The number of carbonyl (C=O) groups is 1. The third kappa shape index (κ3) is 3.18. The minimum absolute atomic E-state index is 0.115. The number of hydrogen-bond acceptors (Lipinski definition) is 2. The second-order valence-corrected chi connectivity index (χ2v) is 6.53. The molecule has 0 bridgehead atoms. The van der Waals surface area contributed by atoms with E-state index in [1.807, 2.05) is 18.7 Å². The number of thiocarbonyl (C=S) groups is 1. The van der Waals surface area contributed by atoms with Crippen LogP contribution in [0.25, 0.3) is 0 Å². The van der Waals surface area contributed by atoms with Crippen molar-refractivity contribution in [2.24, 2.45) is 23.0 Å². The van der Waals surface area contributed by atoms with Gasteiger partial charge in [0, 0.05) is 13.1 Å². The van der Waals surface area contributed by atoms with Gasteiger partial charge < -0.3 is 10.6 Å². The Morgan fingerprint density at radius 1 is 1.24 bits per heavy atom. The number of hydrogen-bond donors (Lipinski definition) is 1. The van der Waals surface area contributed by atoms with Gasteiger partial charge in [-0.05, 0) is 51.4 Å². The first-order valence-electron chi connectivity index (χ1n) is 6.50. The van der Waals surface area contributed by atoms with E-state index < -0.39 is 5.41 Å². The van der Waals surface area contributed by atoms with Crippen LogP contribution in [0.4, 0.5) is 0 Å². The van der Waals surface area contributed by atoms with Gasteiger partial charge in [0.15, 0.2) is 0 Å². The first-order chi connectivity index (χ1) is 7.91. The molecule has 0 aromatic rings.